The average molecular weight is 301 g/mol. The normalized spacial score (nSPS) is 22.0. The first kappa shape index (κ1) is 16.3. The topological polar surface area (TPSA) is 57.6 Å². The van der Waals surface area contributed by atoms with Gasteiger partial charge in [0.15, 0.2) is 0 Å². The Balaban J connectivity index is 1.82. The highest BCUT2D eigenvalue weighted by molar-refractivity contribution is 5.79. The first-order valence-electron chi connectivity index (χ1n) is 7.74. The van der Waals surface area contributed by atoms with Crippen molar-refractivity contribution in [2.75, 3.05) is 13.1 Å². The summed E-state index contributed by atoms with van der Waals surface area (Å²) < 4.78 is 0. The molecule has 118 valence electrons. The Morgan fingerprint density at radius 3 is 2.73 bits per heavy atom. The number of benzene rings is 1. The van der Waals surface area contributed by atoms with Gasteiger partial charge >= 0.3 is 5.97 Å². The third-order valence-corrected chi connectivity index (χ3v) is 4.20. The van der Waals surface area contributed by atoms with Crippen molar-refractivity contribution in [2.45, 2.75) is 32.6 Å². The summed E-state index contributed by atoms with van der Waals surface area (Å²) in [4.78, 5) is 25.2. The third-order valence-electron chi connectivity index (χ3n) is 4.20. The highest BCUT2D eigenvalue weighted by atomic mass is 16.4. The molecule has 0 radical (unpaired) electrons. The molecule has 1 aromatic rings. The van der Waals surface area contributed by atoms with Crippen LogP contribution in [0.3, 0.4) is 0 Å². The monoisotopic (exact) mass is 301 g/mol. The fraction of sp³-hybridized carbons (Fsp3) is 0.444. The van der Waals surface area contributed by atoms with E-state index in [4.69, 9.17) is 0 Å². The van der Waals surface area contributed by atoms with E-state index in [1.807, 2.05) is 42.5 Å². The van der Waals surface area contributed by atoms with Gasteiger partial charge in [0, 0.05) is 19.5 Å². The predicted octanol–water partition coefficient (Wildman–Crippen LogP) is 3.19. The molecule has 0 aliphatic carbocycles. The number of hydrogen-bond donors (Lipinski definition) is 1. The zero-order valence-electron chi connectivity index (χ0n) is 13.0. The van der Waals surface area contributed by atoms with Crippen LogP contribution in [0.4, 0.5) is 0 Å². The van der Waals surface area contributed by atoms with E-state index < -0.39 is 11.4 Å². The number of aliphatic carboxylic acids is 1. The summed E-state index contributed by atoms with van der Waals surface area (Å²) in [6.07, 6.45) is 6.50. The van der Waals surface area contributed by atoms with Crippen LogP contribution in [0.1, 0.15) is 38.2 Å². The van der Waals surface area contributed by atoms with Crippen LogP contribution in [-0.2, 0) is 9.59 Å². The van der Waals surface area contributed by atoms with Gasteiger partial charge in [0.1, 0.15) is 0 Å². The number of carboxylic acids is 1. The van der Waals surface area contributed by atoms with Crippen LogP contribution < -0.4 is 0 Å². The maximum absolute atomic E-state index is 12.2. The summed E-state index contributed by atoms with van der Waals surface area (Å²) in [5.74, 6) is -0.765. The first-order chi connectivity index (χ1) is 10.5. The SMILES string of the molecule is CC1(C(=O)O)CCCN(C(=O)CC/C=C/c2ccccc2)C1. The van der Waals surface area contributed by atoms with Crippen LogP contribution in [-0.4, -0.2) is 35.0 Å². The minimum Gasteiger partial charge on any atom is -0.481 e. The summed E-state index contributed by atoms with van der Waals surface area (Å²) in [6.45, 7) is 2.72. The molecule has 0 spiro atoms. The lowest BCUT2D eigenvalue weighted by Crippen LogP contribution is -2.48. The standard InChI is InChI=1S/C18H23NO3/c1-18(17(21)22)12-7-13-19(14-18)16(20)11-6-5-10-15-8-3-2-4-9-15/h2-5,8-10H,6-7,11-14H2,1H3,(H,21,22)/b10-5+. The van der Waals surface area contributed by atoms with Gasteiger partial charge in [0.25, 0.3) is 0 Å². The van der Waals surface area contributed by atoms with E-state index in [9.17, 15) is 14.7 Å². The quantitative estimate of drug-likeness (QED) is 0.908. The van der Waals surface area contributed by atoms with Crippen LogP contribution in [0, 0.1) is 5.41 Å². The number of nitrogens with zero attached hydrogens (tertiary/aromatic N) is 1. The Morgan fingerprint density at radius 2 is 2.05 bits per heavy atom. The summed E-state index contributed by atoms with van der Waals surface area (Å²) in [5.41, 5.74) is 0.319. The van der Waals surface area contributed by atoms with Gasteiger partial charge in [-0.3, -0.25) is 9.59 Å². The molecule has 1 atom stereocenters. The van der Waals surface area contributed by atoms with Crippen molar-refractivity contribution in [1.29, 1.82) is 0 Å². The summed E-state index contributed by atoms with van der Waals surface area (Å²) in [6, 6.07) is 9.95. The smallest absolute Gasteiger partial charge is 0.311 e. The number of piperidine rings is 1. The largest absolute Gasteiger partial charge is 0.481 e. The third kappa shape index (κ3) is 4.20. The van der Waals surface area contributed by atoms with Crippen molar-refractivity contribution in [3.8, 4) is 0 Å². The highest BCUT2D eigenvalue weighted by Gasteiger charge is 2.39. The molecule has 1 unspecified atom stereocenters. The minimum absolute atomic E-state index is 0.0462. The molecule has 0 saturated carbocycles. The molecule has 2 rings (SSSR count). The second-order valence-corrected chi connectivity index (χ2v) is 6.14. The Hall–Kier alpha value is -2.10. The van der Waals surface area contributed by atoms with Crippen molar-refractivity contribution in [3.63, 3.8) is 0 Å². The first-order valence-corrected chi connectivity index (χ1v) is 7.74. The second-order valence-electron chi connectivity index (χ2n) is 6.14. The summed E-state index contributed by atoms with van der Waals surface area (Å²) >= 11 is 0. The van der Waals surface area contributed by atoms with Gasteiger partial charge in [-0.1, -0.05) is 42.5 Å². The van der Waals surface area contributed by atoms with Crippen LogP contribution in [0.5, 0.6) is 0 Å². The molecule has 1 amide bonds. The van der Waals surface area contributed by atoms with Gasteiger partial charge in [-0.25, -0.2) is 0 Å². The Bertz CT molecular complexity index is 553. The lowest BCUT2D eigenvalue weighted by Gasteiger charge is -2.37. The lowest BCUT2D eigenvalue weighted by atomic mass is 9.82. The van der Waals surface area contributed by atoms with Gasteiger partial charge < -0.3 is 10.0 Å². The van der Waals surface area contributed by atoms with Gasteiger partial charge in [0.2, 0.25) is 5.91 Å². The zero-order valence-corrected chi connectivity index (χ0v) is 13.0. The summed E-state index contributed by atoms with van der Waals surface area (Å²) in [5, 5.41) is 9.29. The molecule has 1 fully saturated rings. The highest BCUT2D eigenvalue weighted by Crippen LogP contribution is 2.30. The molecular weight excluding hydrogens is 278 g/mol. The van der Waals surface area contributed by atoms with E-state index in [1.54, 1.807) is 11.8 Å². The number of carbonyl (C=O) groups is 2. The Morgan fingerprint density at radius 1 is 1.32 bits per heavy atom. The number of carboxylic acid groups (broad SMARTS) is 1. The van der Waals surface area contributed by atoms with E-state index in [1.165, 1.54) is 0 Å². The maximum atomic E-state index is 12.2. The fourth-order valence-electron chi connectivity index (χ4n) is 2.78. The van der Waals surface area contributed by atoms with Crippen LogP contribution in [0.25, 0.3) is 6.08 Å². The minimum atomic E-state index is -0.811. The Labute approximate surface area is 131 Å². The van der Waals surface area contributed by atoms with E-state index in [2.05, 4.69) is 0 Å². The van der Waals surface area contributed by atoms with Crippen LogP contribution in [0.2, 0.25) is 0 Å². The zero-order chi connectivity index (χ0) is 16.0. The van der Waals surface area contributed by atoms with Gasteiger partial charge in [-0.05, 0) is 31.7 Å². The molecule has 1 heterocycles. The average Bonchev–Trinajstić information content (AvgIpc) is 2.52. The van der Waals surface area contributed by atoms with Crippen LogP contribution in [0.15, 0.2) is 36.4 Å². The molecule has 0 aromatic heterocycles. The molecule has 1 aliphatic heterocycles. The number of hydrogen-bond acceptors (Lipinski definition) is 2. The van der Waals surface area contributed by atoms with Crippen molar-refractivity contribution in [3.05, 3.63) is 42.0 Å². The molecule has 1 saturated heterocycles. The van der Waals surface area contributed by atoms with Crippen molar-refractivity contribution in [1.82, 2.24) is 4.90 Å². The number of allylic oxidation sites excluding steroid dienone is 1. The molecule has 0 bridgehead atoms. The van der Waals surface area contributed by atoms with E-state index in [0.29, 0.717) is 32.4 Å². The molecule has 4 heteroatoms. The van der Waals surface area contributed by atoms with Gasteiger partial charge in [-0.2, -0.15) is 0 Å². The molecule has 1 aliphatic rings. The number of amides is 1. The van der Waals surface area contributed by atoms with E-state index >= 15 is 0 Å². The molecular formula is C18H23NO3. The van der Waals surface area contributed by atoms with E-state index in [0.717, 1.165) is 12.0 Å². The second kappa shape index (κ2) is 7.25. The molecule has 1 aromatic carbocycles. The number of carbonyl (C=O) groups excluding carboxylic acids is 1. The van der Waals surface area contributed by atoms with E-state index in [-0.39, 0.29) is 5.91 Å². The molecule has 22 heavy (non-hydrogen) atoms. The fourth-order valence-corrected chi connectivity index (χ4v) is 2.78. The van der Waals surface area contributed by atoms with Gasteiger partial charge in [-0.15, -0.1) is 0 Å². The molecule has 4 nitrogen and oxygen atoms in total. The van der Waals surface area contributed by atoms with Crippen LogP contribution >= 0.6 is 0 Å². The summed E-state index contributed by atoms with van der Waals surface area (Å²) in [7, 11) is 0. The molecule has 1 N–H and O–H groups in total. The van der Waals surface area contributed by atoms with Crippen molar-refractivity contribution < 1.29 is 14.7 Å². The van der Waals surface area contributed by atoms with Crippen molar-refractivity contribution >= 4 is 18.0 Å². The lowest BCUT2D eigenvalue weighted by molar-refractivity contribution is -0.153. The number of likely N-dealkylation sites (tertiary alicyclic amines) is 1. The predicted molar refractivity (Wildman–Crippen MR) is 86.3 cm³/mol. The Kier molecular flexibility index (Phi) is 5.36. The van der Waals surface area contributed by atoms with Gasteiger partial charge in [0.05, 0.1) is 5.41 Å². The van der Waals surface area contributed by atoms with Crippen molar-refractivity contribution in [2.24, 2.45) is 5.41 Å². The number of rotatable bonds is 5. The maximum Gasteiger partial charge on any atom is 0.311 e.